The molecular formula is C23H27BrFN3O5S. The minimum absolute atomic E-state index is 0.0322. The number of benzene rings is 2. The van der Waals surface area contributed by atoms with Crippen LogP contribution in [-0.4, -0.2) is 68.6 Å². The van der Waals surface area contributed by atoms with Gasteiger partial charge in [-0.3, -0.25) is 19.2 Å². The number of carbonyl (C=O) groups is 2. The summed E-state index contributed by atoms with van der Waals surface area (Å²) < 4.78 is 44.1. The van der Waals surface area contributed by atoms with Crippen molar-refractivity contribution in [1.29, 1.82) is 0 Å². The topological polar surface area (TPSA) is 96.0 Å². The fourth-order valence-electron chi connectivity index (χ4n) is 3.86. The third-order valence-corrected chi connectivity index (χ3v) is 6.47. The van der Waals surface area contributed by atoms with Crippen molar-refractivity contribution in [1.82, 2.24) is 14.5 Å². The molecule has 0 saturated carbocycles. The maximum absolute atomic E-state index is 13.1. The largest absolute Gasteiger partial charge is 0.483 e. The van der Waals surface area contributed by atoms with Gasteiger partial charge in [0.25, 0.3) is 5.91 Å². The molecule has 2 amide bonds. The highest BCUT2D eigenvalue weighted by Crippen LogP contribution is 2.24. The fraction of sp³-hybridized carbons (Fsp3) is 0.391. The maximum Gasteiger partial charge on any atom is 0.260 e. The Morgan fingerprint density at radius 3 is 2.53 bits per heavy atom. The summed E-state index contributed by atoms with van der Waals surface area (Å²) in [5, 5.41) is 0. The van der Waals surface area contributed by atoms with Crippen LogP contribution in [0.2, 0.25) is 0 Å². The van der Waals surface area contributed by atoms with E-state index in [1.807, 2.05) is 11.6 Å². The zero-order valence-electron chi connectivity index (χ0n) is 19.0. The van der Waals surface area contributed by atoms with E-state index >= 15 is 0 Å². The quantitative estimate of drug-likeness (QED) is 0.537. The van der Waals surface area contributed by atoms with Crippen LogP contribution in [0.1, 0.15) is 18.1 Å². The van der Waals surface area contributed by atoms with E-state index in [0.29, 0.717) is 42.0 Å². The van der Waals surface area contributed by atoms with Gasteiger partial charge in [-0.15, -0.1) is 0 Å². The molecule has 2 aromatic rings. The molecule has 1 fully saturated rings. The molecular weight excluding hydrogens is 529 g/mol. The number of sulfonamides is 1. The first-order valence-corrected chi connectivity index (χ1v) is 13.4. The molecule has 1 aliphatic heterocycles. The normalized spacial score (nSPS) is 16.8. The van der Waals surface area contributed by atoms with E-state index in [2.05, 4.69) is 20.8 Å². The Bertz CT molecular complexity index is 1140. The van der Waals surface area contributed by atoms with E-state index in [1.165, 1.54) is 12.1 Å². The fourth-order valence-corrected chi connectivity index (χ4v) is 4.75. The predicted octanol–water partition coefficient (Wildman–Crippen LogP) is 2.32. The van der Waals surface area contributed by atoms with Gasteiger partial charge in [0.05, 0.1) is 12.7 Å². The lowest BCUT2D eigenvalue weighted by Gasteiger charge is -2.39. The molecule has 0 radical (unpaired) electrons. The molecule has 8 nitrogen and oxygen atoms in total. The Morgan fingerprint density at radius 1 is 1.18 bits per heavy atom. The Labute approximate surface area is 207 Å². The third-order valence-electron chi connectivity index (χ3n) is 5.38. The number of hydrogen-bond acceptors (Lipinski definition) is 6. The van der Waals surface area contributed by atoms with Gasteiger partial charge in [0, 0.05) is 42.3 Å². The van der Waals surface area contributed by atoms with Gasteiger partial charge >= 0.3 is 0 Å². The van der Waals surface area contributed by atoms with Crippen molar-refractivity contribution in [2.24, 2.45) is 0 Å². The average Bonchev–Trinajstić information content (AvgIpc) is 2.73. The first kappa shape index (κ1) is 26.1. The van der Waals surface area contributed by atoms with Crippen molar-refractivity contribution < 1.29 is 27.1 Å². The number of halogens is 2. The van der Waals surface area contributed by atoms with Crippen molar-refractivity contribution in [2.45, 2.75) is 25.9 Å². The Hall–Kier alpha value is -2.50. The number of carbonyl (C=O) groups excluding carboxylic acids is 2. The van der Waals surface area contributed by atoms with Crippen LogP contribution >= 0.6 is 15.9 Å². The minimum Gasteiger partial charge on any atom is -0.483 e. The van der Waals surface area contributed by atoms with Gasteiger partial charge in [-0.05, 0) is 42.8 Å². The summed E-state index contributed by atoms with van der Waals surface area (Å²) in [5.74, 6) is -0.800. The Kier molecular flexibility index (Phi) is 8.67. The van der Waals surface area contributed by atoms with Crippen LogP contribution in [0.4, 0.5) is 4.39 Å². The standard InChI is InChI=1S/C23H27BrFN3O5S/c1-16-13-27(14-17-3-6-20(25)7-4-17)9-10-28(16)23(30)15-33-21-8-5-19(24)11-18(21)12-22(29)26-34(2,31)32/h3-8,11,16H,9-10,12-15H2,1-2H3,(H,26,29). The van der Waals surface area contributed by atoms with Crippen LogP contribution in [0.15, 0.2) is 46.9 Å². The van der Waals surface area contributed by atoms with Crippen LogP contribution in [0.3, 0.4) is 0 Å². The van der Waals surface area contributed by atoms with Gasteiger partial charge in [-0.25, -0.2) is 12.8 Å². The number of piperazine rings is 1. The summed E-state index contributed by atoms with van der Waals surface area (Å²) in [4.78, 5) is 28.9. The molecule has 184 valence electrons. The molecule has 1 atom stereocenters. The highest BCUT2D eigenvalue weighted by atomic mass is 79.9. The van der Waals surface area contributed by atoms with Crippen LogP contribution in [0.5, 0.6) is 5.75 Å². The second-order valence-electron chi connectivity index (χ2n) is 8.31. The van der Waals surface area contributed by atoms with Crippen molar-refractivity contribution in [3.8, 4) is 5.75 Å². The molecule has 2 aromatic carbocycles. The summed E-state index contributed by atoms with van der Waals surface area (Å²) >= 11 is 3.33. The molecule has 3 rings (SSSR count). The molecule has 1 aliphatic rings. The second kappa shape index (κ2) is 11.3. The number of ether oxygens (including phenoxy) is 1. The van der Waals surface area contributed by atoms with Gasteiger partial charge in [-0.1, -0.05) is 28.1 Å². The highest BCUT2D eigenvalue weighted by molar-refractivity contribution is 9.10. The zero-order chi connectivity index (χ0) is 24.9. The molecule has 0 aliphatic carbocycles. The highest BCUT2D eigenvalue weighted by Gasteiger charge is 2.28. The van der Waals surface area contributed by atoms with Crippen LogP contribution in [-0.2, 0) is 32.6 Å². The molecule has 34 heavy (non-hydrogen) atoms. The molecule has 1 heterocycles. The summed E-state index contributed by atoms with van der Waals surface area (Å²) in [7, 11) is -3.67. The van der Waals surface area contributed by atoms with Crippen LogP contribution < -0.4 is 9.46 Å². The van der Waals surface area contributed by atoms with Gasteiger partial charge in [0.1, 0.15) is 11.6 Å². The molecule has 1 N–H and O–H groups in total. The summed E-state index contributed by atoms with van der Waals surface area (Å²) in [6.07, 6.45) is 0.691. The van der Waals surface area contributed by atoms with Gasteiger partial charge in [0.2, 0.25) is 15.9 Å². The SMILES string of the molecule is CC1CN(Cc2ccc(F)cc2)CCN1C(=O)COc1ccc(Br)cc1CC(=O)NS(C)(=O)=O. The maximum atomic E-state index is 13.1. The summed E-state index contributed by atoms with van der Waals surface area (Å²) in [5.41, 5.74) is 1.47. The Morgan fingerprint density at radius 2 is 1.88 bits per heavy atom. The van der Waals surface area contributed by atoms with E-state index in [0.717, 1.165) is 11.8 Å². The number of amides is 2. The smallest absolute Gasteiger partial charge is 0.260 e. The number of hydrogen-bond donors (Lipinski definition) is 1. The predicted molar refractivity (Wildman–Crippen MR) is 129 cm³/mol. The van der Waals surface area contributed by atoms with E-state index in [9.17, 15) is 22.4 Å². The number of rotatable bonds is 8. The van der Waals surface area contributed by atoms with Crippen LogP contribution in [0, 0.1) is 5.82 Å². The summed E-state index contributed by atoms with van der Waals surface area (Å²) in [6.45, 7) is 4.34. The van der Waals surface area contributed by atoms with Gasteiger partial charge in [0.15, 0.2) is 6.61 Å². The lowest BCUT2D eigenvalue weighted by molar-refractivity contribution is -0.138. The average molecular weight is 556 g/mol. The van der Waals surface area contributed by atoms with Crippen molar-refractivity contribution in [3.05, 3.63) is 63.9 Å². The first-order chi connectivity index (χ1) is 16.0. The van der Waals surface area contributed by atoms with E-state index in [1.54, 1.807) is 35.2 Å². The second-order valence-corrected chi connectivity index (χ2v) is 11.0. The van der Waals surface area contributed by atoms with Gasteiger partial charge < -0.3 is 9.64 Å². The monoisotopic (exact) mass is 555 g/mol. The van der Waals surface area contributed by atoms with Crippen molar-refractivity contribution >= 4 is 37.8 Å². The molecule has 0 aromatic heterocycles. The lowest BCUT2D eigenvalue weighted by atomic mass is 10.1. The number of nitrogens with zero attached hydrogens (tertiary/aromatic N) is 2. The molecule has 11 heteroatoms. The molecule has 1 saturated heterocycles. The zero-order valence-corrected chi connectivity index (χ0v) is 21.4. The molecule has 1 unspecified atom stereocenters. The molecule has 0 bridgehead atoms. The van der Waals surface area contributed by atoms with E-state index in [4.69, 9.17) is 4.74 Å². The van der Waals surface area contributed by atoms with Gasteiger partial charge in [-0.2, -0.15) is 0 Å². The van der Waals surface area contributed by atoms with Crippen molar-refractivity contribution in [2.75, 3.05) is 32.5 Å². The third kappa shape index (κ3) is 7.78. The van der Waals surface area contributed by atoms with Crippen LogP contribution in [0.25, 0.3) is 0 Å². The minimum atomic E-state index is -3.67. The first-order valence-electron chi connectivity index (χ1n) is 10.7. The van der Waals surface area contributed by atoms with E-state index in [-0.39, 0.29) is 30.8 Å². The lowest BCUT2D eigenvalue weighted by Crippen LogP contribution is -2.54. The van der Waals surface area contributed by atoms with E-state index < -0.39 is 15.9 Å². The molecule has 0 spiro atoms. The summed E-state index contributed by atoms with van der Waals surface area (Å²) in [6, 6.07) is 11.4. The Balaban J connectivity index is 1.56. The number of nitrogens with one attached hydrogen (secondary N) is 1. The van der Waals surface area contributed by atoms with Crippen molar-refractivity contribution in [3.63, 3.8) is 0 Å².